The molecule has 2 rings (SSSR count). The maximum absolute atomic E-state index is 8.66. The van der Waals surface area contributed by atoms with E-state index in [1.807, 2.05) is 0 Å². The van der Waals surface area contributed by atoms with Crippen molar-refractivity contribution in [1.29, 1.82) is 5.26 Å². The molecule has 0 bridgehead atoms. The lowest BCUT2D eigenvalue weighted by molar-refractivity contribution is 0.410. The Kier molecular flexibility index (Phi) is 1.59. The van der Waals surface area contributed by atoms with Gasteiger partial charge in [0, 0.05) is 5.92 Å². The molecule has 4 heteroatoms. The molecule has 11 heavy (non-hydrogen) atoms. The Morgan fingerprint density at radius 2 is 2.36 bits per heavy atom. The fraction of sp³-hybridized carbons (Fsp3) is 0.571. The molecule has 1 aliphatic carbocycles. The first-order valence-corrected chi connectivity index (χ1v) is 4.41. The molecule has 0 aromatic carbocycles. The van der Waals surface area contributed by atoms with E-state index in [0.717, 1.165) is 5.69 Å². The van der Waals surface area contributed by atoms with Gasteiger partial charge < -0.3 is 0 Å². The first-order valence-electron chi connectivity index (χ1n) is 3.64. The third-order valence-corrected chi connectivity index (χ3v) is 2.75. The van der Waals surface area contributed by atoms with E-state index in [2.05, 4.69) is 15.7 Å². The summed E-state index contributed by atoms with van der Waals surface area (Å²) >= 11 is 1.20. The average molecular weight is 165 g/mol. The van der Waals surface area contributed by atoms with E-state index in [4.69, 9.17) is 5.26 Å². The molecule has 0 N–H and O–H groups in total. The van der Waals surface area contributed by atoms with Crippen molar-refractivity contribution in [1.82, 2.24) is 9.59 Å². The molecule has 1 aromatic heterocycles. The van der Waals surface area contributed by atoms with Crippen molar-refractivity contribution in [2.45, 2.75) is 25.2 Å². The molecule has 0 spiro atoms. The minimum atomic E-state index is 0.531. The van der Waals surface area contributed by atoms with Crippen molar-refractivity contribution < 1.29 is 0 Å². The zero-order valence-corrected chi connectivity index (χ0v) is 6.77. The SMILES string of the molecule is N#Cc1snnc1C1CCC1. The van der Waals surface area contributed by atoms with E-state index in [9.17, 15) is 0 Å². The highest BCUT2D eigenvalue weighted by Crippen LogP contribution is 2.37. The summed E-state index contributed by atoms with van der Waals surface area (Å²) in [6, 6.07) is 2.12. The third-order valence-electron chi connectivity index (χ3n) is 2.11. The number of hydrogen-bond acceptors (Lipinski definition) is 4. The third kappa shape index (κ3) is 1.02. The van der Waals surface area contributed by atoms with Crippen molar-refractivity contribution in [3.05, 3.63) is 10.6 Å². The summed E-state index contributed by atoms with van der Waals surface area (Å²) in [5.74, 6) is 0.531. The molecule has 0 atom stereocenters. The Morgan fingerprint density at radius 3 is 2.91 bits per heavy atom. The average Bonchev–Trinajstić information content (AvgIpc) is 2.32. The van der Waals surface area contributed by atoms with Crippen LogP contribution >= 0.6 is 11.5 Å². The molecular weight excluding hydrogens is 158 g/mol. The minimum absolute atomic E-state index is 0.531. The number of aromatic nitrogens is 2. The smallest absolute Gasteiger partial charge is 0.149 e. The largest absolute Gasteiger partial charge is 0.191 e. The second-order valence-corrected chi connectivity index (χ2v) is 3.48. The van der Waals surface area contributed by atoms with Gasteiger partial charge in [-0.05, 0) is 24.4 Å². The topological polar surface area (TPSA) is 49.6 Å². The van der Waals surface area contributed by atoms with Gasteiger partial charge in [0.25, 0.3) is 0 Å². The molecule has 0 radical (unpaired) electrons. The molecular formula is C7H7N3S. The van der Waals surface area contributed by atoms with Gasteiger partial charge in [0.1, 0.15) is 10.9 Å². The first-order chi connectivity index (χ1) is 5.42. The quantitative estimate of drug-likeness (QED) is 0.636. The number of nitrogens with zero attached hydrogens (tertiary/aromatic N) is 3. The lowest BCUT2D eigenvalue weighted by atomic mass is 9.83. The van der Waals surface area contributed by atoms with Gasteiger partial charge in [0.2, 0.25) is 0 Å². The number of hydrogen-bond donors (Lipinski definition) is 0. The summed E-state index contributed by atoms with van der Waals surface area (Å²) < 4.78 is 3.77. The van der Waals surface area contributed by atoms with E-state index in [1.54, 1.807) is 0 Å². The molecule has 56 valence electrons. The molecule has 1 heterocycles. The molecule has 1 fully saturated rings. The van der Waals surface area contributed by atoms with Crippen LogP contribution in [0.2, 0.25) is 0 Å². The van der Waals surface area contributed by atoms with E-state index in [-0.39, 0.29) is 0 Å². The van der Waals surface area contributed by atoms with Crippen molar-refractivity contribution in [2.24, 2.45) is 0 Å². The molecule has 0 unspecified atom stereocenters. The van der Waals surface area contributed by atoms with Gasteiger partial charge in [0.15, 0.2) is 0 Å². The Morgan fingerprint density at radius 1 is 1.55 bits per heavy atom. The van der Waals surface area contributed by atoms with Crippen LogP contribution in [0.3, 0.4) is 0 Å². The normalized spacial score (nSPS) is 17.4. The Bertz CT molecular complexity index is 295. The van der Waals surface area contributed by atoms with Crippen molar-refractivity contribution in [2.75, 3.05) is 0 Å². The molecule has 0 saturated heterocycles. The number of rotatable bonds is 1. The summed E-state index contributed by atoms with van der Waals surface area (Å²) in [7, 11) is 0. The van der Waals surface area contributed by atoms with Gasteiger partial charge in [-0.2, -0.15) is 5.26 Å². The van der Waals surface area contributed by atoms with Gasteiger partial charge >= 0.3 is 0 Å². The molecule has 3 nitrogen and oxygen atoms in total. The van der Waals surface area contributed by atoms with Crippen LogP contribution in [0.5, 0.6) is 0 Å². The van der Waals surface area contributed by atoms with Crippen LogP contribution in [0.4, 0.5) is 0 Å². The van der Waals surface area contributed by atoms with Crippen LogP contribution in [0, 0.1) is 11.3 Å². The highest BCUT2D eigenvalue weighted by atomic mass is 32.1. The predicted molar refractivity (Wildman–Crippen MR) is 41.2 cm³/mol. The summed E-state index contributed by atoms with van der Waals surface area (Å²) in [5, 5.41) is 12.6. The van der Waals surface area contributed by atoms with Crippen LogP contribution in [-0.4, -0.2) is 9.59 Å². The van der Waals surface area contributed by atoms with E-state index < -0.39 is 0 Å². The van der Waals surface area contributed by atoms with Crippen molar-refractivity contribution >= 4 is 11.5 Å². The van der Waals surface area contributed by atoms with Gasteiger partial charge in [0.05, 0.1) is 5.69 Å². The van der Waals surface area contributed by atoms with Crippen LogP contribution in [-0.2, 0) is 0 Å². The molecule has 1 aliphatic rings. The Balaban J connectivity index is 2.29. The summed E-state index contributed by atoms with van der Waals surface area (Å²) in [5.41, 5.74) is 0.934. The van der Waals surface area contributed by atoms with Gasteiger partial charge in [-0.1, -0.05) is 10.9 Å². The highest BCUT2D eigenvalue weighted by molar-refractivity contribution is 7.06. The molecule has 1 aromatic rings. The molecule has 0 amide bonds. The second-order valence-electron chi connectivity index (χ2n) is 2.73. The van der Waals surface area contributed by atoms with Crippen molar-refractivity contribution in [3.63, 3.8) is 0 Å². The van der Waals surface area contributed by atoms with E-state index >= 15 is 0 Å². The second kappa shape index (κ2) is 2.59. The fourth-order valence-electron chi connectivity index (χ4n) is 1.22. The lowest BCUT2D eigenvalue weighted by Gasteiger charge is -2.22. The monoisotopic (exact) mass is 165 g/mol. The van der Waals surface area contributed by atoms with Crippen molar-refractivity contribution in [3.8, 4) is 6.07 Å². The van der Waals surface area contributed by atoms with E-state index in [1.165, 1.54) is 30.8 Å². The van der Waals surface area contributed by atoms with Gasteiger partial charge in [-0.3, -0.25) is 0 Å². The zero-order chi connectivity index (χ0) is 7.68. The van der Waals surface area contributed by atoms with Crippen LogP contribution in [0.1, 0.15) is 35.8 Å². The first kappa shape index (κ1) is 6.74. The molecule has 1 saturated carbocycles. The van der Waals surface area contributed by atoms with E-state index in [0.29, 0.717) is 10.8 Å². The van der Waals surface area contributed by atoms with Crippen LogP contribution in [0.25, 0.3) is 0 Å². The summed E-state index contributed by atoms with van der Waals surface area (Å²) in [6.45, 7) is 0. The van der Waals surface area contributed by atoms with Crippen LogP contribution < -0.4 is 0 Å². The Hall–Kier alpha value is -0.950. The lowest BCUT2D eigenvalue weighted by Crippen LogP contribution is -2.10. The Labute approximate surface area is 68.8 Å². The van der Waals surface area contributed by atoms with Crippen LogP contribution in [0.15, 0.2) is 0 Å². The fourth-order valence-corrected chi connectivity index (χ4v) is 1.78. The summed E-state index contributed by atoms with van der Waals surface area (Å²) in [4.78, 5) is 0.703. The number of nitriles is 1. The predicted octanol–water partition coefficient (Wildman–Crippen LogP) is 1.68. The minimum Gasteiger partial charge on any atom is -0.191 e. The van der Waals surface area contributed by atoms with Gasteiger partial charge in [-0.25, -0.2) is 0 Å². The maximum atomic E-state index is 8.66. The van der Waals surface area contributed by atoms with Gasteiger partial charge in [-0.15, -0.1) is 5.10 Å². The zero-order valence-electron chi connectivity index (χ0n) is 5.95. The maximum Gasteiger partial charge on any atom is 0.149 e. The highest BCUT2D eigenvalue weighted by Gasteiger charge is 2.25. The molecule has 0 aliphatic heterocycles. The summed E-state index contributed by atoms with van der Waals surface area (Å²) in [6.07, 6.45) is 3.63. The standard InChI is InChI=1S/C7H7N3S/c8-4-6-7(9-10-11-6)5-2-1-3-5/h5H,1-3H2.